The topological polar surface area (TPSA) is 63.9 Å². The molecule has 2 heterocycles. The molecule has 1 N–H and O–H groups in total. The predicted molar refractivity (Wildman–Crippen MR) is 82.4 cm³/mol. The van der Waals surface area contributed by atoms with Gasteiger partial charge in [-0.1, -0.05) is 6.92 Å². The van der Waals surface area contributed by atoms with Crippen molar-refractivity contribution in [3.63, 3.8) is 0 Å². The Kier molecular flexibility index (Phi) is 5.47. The second-order valence-corrected chi connectivity index (χ2v) is 6.13. The molecule has 6 heteroatoms. The van der Waals surface area contributed by atoms with E-state index in [4.69, 9.17) is 13.9 Å². The molecular weight excluding hydrogens is 284 g/mol. The van der Waals surface area contributed by atoms with Crippen molar-refractivity contribution in [2.24, 2.45) is 5.92 Å². The predicted octanol–water partition coefficient (Wildman–Crippen LogP) is 2.77. The van der Waals surface area contributed by atoms with Crippen LogP contribution >= 0.6 is 0 Å². The van der Waals surface area contributed by atoms with Crippen molar-refractivity contribution in [2.45, 2.75) is 39.0 Å². The Balaban J connectivity index is 1.76. The molecule has 1 aliphatic rings. The van der Waals surface area contributed by atoms with Crippen LogP contribution in [0.5, 0.6) is 0 Å². The number of ether oxygens (including phenoxy) is 2. The highest BCUT2D eigenvalue weighted by Crippen LogP contribution is 2.26. The van der Waals surface area contributed by atoms with E-state index < -0.39 is 5.79 Å². The van der Waals surface area contributed by atoms with Crippen molar-refractivity contribution >= 4 is 6.03 Å². The fraction of sp³-hybridized carbons (Fsp3) is 0.688. The van der Waals surface area contributed by atoms with E-state index >= 15 is 0 Å². The van der Waals surface area contributed by atoms with Crippen LogP contribution in [0.1, 0.15) is 39.0 Å². The van der Waals surface area contributed by atoms with Crippen LogP contribution < -0.4 is 5.32 Å². The van der Waals surface area contributed by atoms with Crippen molar-refractivity contribution in [2.75, 3.05) is 26.8 Å². The summed E-state index contributed by atoms with van der Waals surface area (Å²) in [6, 6.07) is 3.47. The zero-order chi connectivity index (χ0) is 16.2. The quantitative estimate of drug-likeness (QED) is 0.877. The van der Waals surface area contributed by atoms with E-state index in [9.17, 15) is 4.79 Å². The molecule has 2 rings (SSSR count). The number of amides is 2. The highest BCUT2D eigenvalue weighted by atomic mass is 16.7. The average molecular weight is 310 g/mol. The lowest BCUT2D eigenvalue weighted by Gasteiger charge is -2.27. The first-order chi connectivity index (χ1) is 10.4. The highest BCUT2D eigenvalue weighted by Gasteiger charge is 2.32. The van der Waals surface area contributed by atoms with Gasteiger partial charge in [-0.15, -0.1) is 0 Å². The first-order valence-electron chi connectivity index (χ1n) is 7.73. The van der Waals surface area contributed by atoms with Gasteiger partial charge in [-0.2, -0.15) is 0 Å². The van der Waals surface area contributed by atoms with Gasteiger partial charge in [-0.25, -0.2) is 4.79 Å². The number of carbonyl (C=O) groups excluding carboxylic acids is 1. The molecule has 2 amide bonds. The van der Waals surface area contributed by atoms with Gasteiger partial charge in [0.05, 0.1) is 25.5 Å². The maximum absolute atomic E-state index is 12.2. The van der Waals surface area contributed by atoms with Gasteiger partial charge in [0, 0.05) is 20.0 Å². The number of carbonyl (C=O) groups is 1. The Morgan fingerprint density at radius 1 is 1.41 bits per heavy atom. The van der Waals surface area contributed by atoms with Crippen LogP contribution in [-0.2, 0) is 9.47 Å². The number of hydrogen-bond donors (Lipinski definition) is 1. The molecule has 1 aromatic heterocycles. The van der Waals surface area contributed by atoms with Crippen LogP contribution in [0, 0.1) is 5.92 Å². The van der Waals surface area contributed by atoms with Gasteiger partial charge in [-0.05, 0) is 31.9 Å². The van der Waals surface area contributed by atoms with Gasteiger partial charge in [0.1, 0.15) is 5.76 Å². The molecule has 0 bridgehead atoms. The largest absolute Gasteiger partial charge is 0.467 e. The fourth-order valence-corrected chi connectivity index (χ4v) is 2.66. The summed E-state index contributed by atoms with van der Waals surface area (Å²) in [6.45, 7) is 7.81. The third-order valence-corrected chi connectivity index (χ3v) is 4.08. The number of rotatable bonds is 6. The van der Waals surface area contributed by atoms with E-state index in [0.717, 1.165) is 12.2 Å². The van der Waals surface area contributed by atoms with Crippen LogP contribution in [0.4, 0.5) is 4.79 Å². The SMILES string of the molecule is C[C@@H](CNC(=O)N(C)[C@H](C)c1ccco1)CC1(C)OCCO1. The molecule has 2 atom stereocenters. The molecule has 124 valence electrons. The minimum absolute atomic E-state index is 0.107. The Morgan fingerprint density at radius 3 is 2.68 bits per heavy atom. The molecule has 0 unspecified atom stereocenters. The van der Waals surface area contributed by atoms with E-state index in [1.165, 1.54) is 0 Å². The molecule has 0 radical (unpaired) electrons. The highest BCUT2D eigenvalue weighted by molar-refractivity contribution is 5.74. The van der Waals surface area contributed by atoms with E-state index in [2.05, 4.69) is 12.2 Å². The molecule has 6 nitrogen and oxygen atoms in total. The first kappa shape index (κ1) is 16.8. The maximum atomic E-state index is 12.2. The van der Waals surface area contributed by atoms with Crippen LogP contribution in [0.3, 0.4) is 0 Å². The minimum atomic E-state index is -0.516. The summed E-state index contributed by atoms with van der Waals surface area (Å²) in [5.41, 5.74) is 0. The molecule has 1 fully saturated rings. The summed E-state index contributed by atoms with van der Waals surface area (Å²) in [6.07, 6.45) is 2.37. The summed E-state index contributed by atoms with van der Waals surface area (Å²) in [5, 5.41) is 2.95. The second kappa shape index (κ2) is 7.15. The van der Waals surface area contributed by atoms with E-state index in [0.29, 0.717) is 19.8 Å². The Bertz CT molecular complexity index is 469. The van der Waals surface area contributed by atoms with Gasteiger partial charge < -0.3 is 24.1 Å². The van der Waals surface area contributed by atoms with Crippen molar-refractivity contribution < 1.29 is 18.7 Å². The molecular formula is C16H26N2O4. The molecule has 0 saturated carbocycles. The normalized spacial score (nSPS) is 19.6. The lowest BCUT2D eigenvalue weighted by Crippen LogP contribution is -2.41. The zero-order valence-electron chi connectivity index (χ0n) is 13.8. The Morgan fingerprint density at radius 2 is 2.09 bits per heavy atom. The van der Waals surface area contributed by atoms with E-state index in [-0.39, 0.29) is 18.0 Å². The Hall–Kier alpha value is -1.53. The first-order valence-corrected chi connectivity index (χ1v) is 7.73. The van der Waals surface area contributed by atoms with Crippen molar-refractivity contribution in [1.29, 1.82) is 0 Å². The van der Waals surface area contributed by atoms with Crippen molar-refractivity contribution in [1.82, 2.24) is 10.2 Å². The third-order valence-electron chi connectivity index (χ3n) is 4.08. The van der Waals surface area contributed by atoms with Crippen LogP contribution in [0.25, 0.3) is 0 Å². The van der Waals surface area contributed by atoms with Crippen molar-refractivity contribution in [3.8, 4) is 0 Å². The van der Waals surface area contributed by atoms with Gasteiger partial charge in [0.2, 0.25) is 0 Å². The molecule has 1 aliphatic heterocycles. The summed E-state index contributed by atoms with van der Waals surface area (Å²) in [4.78, 5) is 13.8. The summed E-state index contributed by atoms with van der Waals surface area (Å²) in [5.74, 6) is 0.516. The van der Waals surface area contributed by atoms with Crippen LogP contribution in [0.2, 0.25) is 0 Å². The summed E-state index contributed by atoms with van der Waals surface area (Å²) >= 11 is 0. The van der Waals surface area contributed by atoms with E-state index in [1.807, 2.05) is 26.0 Å². The monoisotopic (exact) mass is 310 g/mol. The van der Waals surface area contributed by atoms with Crippen LogP contribution in [-0.4, -0.2) is 43.5 Å². The number of nitrogens with one attached hydrogen (secondary N) is 1. The van der Waals surface area contributed by atoms with Gasteiger partial charge in [0.25, 0.3) is 0 Å². The summed E-state index contributed by atoms with van der Waals surface area (Å²) in [7, 11) is 1.76. The lowest BCUT2D eigenvalue weighted by atomic mass is 10.0. The average Bonchev–Trinajstić information content (AvgIpc) is 3.14. The fourth-order valence-electron chi connectivity index (χ4n) is 2.66. The lowest BCUT2D eigenvalue weighted by molar-refractivity contribution is -0.153. The third kappa shape index (κ3) is 4.24. The molecule has 1 aromatic rings. The van der Waals surface area contributed by atoms with Gasteiger partial charge >= 0.3 is 6.03 Å². The number of hydrogen-bond acceptors (Lipinski definition) is 4. The Labute approximate surface area is 131 Å². The number of urea groups is 1. The van der Waals surface area contributed by atoms with Crippen LogP contribution in [0.15, 0.2) is 22.8 Å². The summed E-state index contributed by atoms with van der Waals surface area (Å²) < 4.78 is 16.5. The molecule has 22 heavy (non-hydrogen) atoms. The van der Waals surface area contributed by atoms with Gasteiger partial charge in [0.15, 0.2) is 5.79 Å². The van der Waals surface area contributed by atoms with E-state index in [1.54, 1.807) is 18.2 Å². The molecule has 0 spiro atoms. The zero-order valence-corrected chi connectivity index (χ0v) is 13.8. The second-order valence-electron chi connectivity index (χ2n) is 6.13. The molecule has 0 aliphatic carbocycles. The van der Waals surface area contributed by atoms with Gasteiger partial charge in [-0.3, -0.25) is 0 Å². The van der Waals surface area contributed by atoms with Crippen molar-refractivity contribution in [3.05, 3.63) is 24.2 Å². The maximum Gasteiger partial charge on any atom is 0.317 e. The smallest absolute Gasteiger partial charge is 0.317 e. The standard InChI is InChI=1S/C16H26N2O4/c1-12(10-16(3)21-8-9-22-16)11-17-15(19)18(4)13(2)14-6-5-7-20-14/h5-7,12-13H,8-11H2,1-4H3,(H,17,19)/t12-,13-/m1/s1. The molecule has 0 aromatic carbocycles. The number of furan rings is 1. The molecule has 1 saturated heterocycles. The minimum Gasteiger partial charge on any atom is -0.467 e. The number of nitrogens with zero attached hydrogens (tertiary/aromatic N) is 1.